The Kier molecular flexibility index (Phi) is 6.67. The molecule has 0 aromatic heterocycles. The van der Waals surface area contributed by atoms with Crippen LogP contribution >= 0.6 is 12.4 Å². The Hall–Kier alpha value is -0.620. The lowest BCUT2D eigenvalue weighted by molar-refractivity contribution is 0.243. The van der Waals surface area contributed by atoms with E-state index in [1.807, 2.05) is 34.6 Å². The van der Waals surface area contributed by atoms with Crippen LogP contribution in [0, 0.1) is 33.6 Å². The highest BCUT2D eigenvalue weighted by Crippen LogP contribution is 2.31. The molecular formula is C17H29ClN2O2S. The van der Waals surface area contributed by atoms with Gasteiger partial charge in [-0.05, 0) is 75.6 Å². The second kappa shape index (κ2) is 7.51. The van der Waals surface area contributed by atoms with Crippen LogP contribution in [0.2, 0.25) is 0 Å². The minimum absolute atomic E-state index is 0. The lowest BCUT2D eigenvalue weighted by Gasteiger charge is -2.34. The molecule has 1 aliphatic heterocycles. The van der Waals surface area contributed by atoms with Crippen LogP contribution in [0.5, 0.6) is 0 Å². The van der Waals surface area contributed by atoms with Crippen molar-refractivity contribution < 1.29 is 8.42 Å². The second-order valence-corrected chi connectivity index (χ2v) is 8.59. The Labute approximate surface area is 146 Å². The van der Waals surface area contributed by atoms with Gasteiger partial charge in [0.2, 0.25) is 10.0 Å². The highest BCUT2D eigenvalue weighted by molar-refractivity contribution is 7.89. The SMILES string of the molecule is Cc1cc(C)c(C)c(S(=O)(=O)N2CCCC(C(C)N)C2)c1C.Cl. The molecule has 2 rings (SSSR count). The van der Waals surface area contributed by atoms with E-state index >= 15 is 0 Å². The Balaban J connectivity index is 0.00000264. The fraction of sp³-hybridized carbons (Fsp3) is 0.647. The average molecular weight is 361 g/mol. The van der Waals surface area contributed by atoms with Crippen molar-refractivity contribution in [3.8, 4) is 0 Å². The van der Waals surface area contributed by atoms with Crippen LogP contribution in [0.4, 0.5) is 0 Å². The molecule has 0 spiro atoms. The van der Waals surface area contributed by atoms with Gasteiger partial charge in [0.15, 0.2) is 0 Å². The maximum atomic E-state index is 13.2. The molecular weight excluding hydrogens is 332 g/mol. The zero-order valence-corrected chi connectivity index (χ0v) is 16.4. The first-order valence-corrected chi connectivity index (χ1v) is 9.43. The van der Waals surface area contributed by atoms with E-state index < -0.39 is 10.0 Å². The zero-order chi connectivity index (χ0) is 16.7. The Morgan fingerprint density at radius 1 is 1.17 bits per heavy atom. The number of hydrogen-bond donors (Lipinski definition) is 1. The molecule has 2 N–H and O–H groups in total. The number of halogens is 1. The Morgan fingerprint density at radius 3 is 2.17 bits per heavy atom. The Bertz CT molecular complexity index is 645. The van der Waals surface area contributed by atoms with E-state index in [-0.39, 0.29) is 24.4 Å². The zero-order valence-electron chi connectivity index (χ0n) is 14.7. The van der Waals surface area contributed by atoms with Gasteiger partial charge in [-0.3, -0.25) is 0 Å². The molecule has 0 aliphatic carbocycles. The van der Waals surface area contributed by atoms with E-state index in [0.29, 0.717) is 18.0 Å². The molecule has 2 atom stereocenters. The molecule has 0 saturated carbocycles. The normalized spacial score (nSPS) is 20.9. The van der Waals surface area contributed by atoms with Crippen molar-refractivity contribution in [3.05, 3.63) is 28.3 Å². The van der Waals surface area contributed by atoms with Crippen LogP contribution in [-0.2, 0) is 10.0 Å². The van der Waals surface area contributed by atoms with E-state index in [1.165, 1.54) is 0 Å². The van der Waals surface area contributed by atoms with Gasteiger partial charge < -0.3 is 5.73 Å². The third kappa shape index (κ3) is 3.90. The lowest BCUT2D eigenvalue weighted by Crippen LogP contribution is -2.45. The molecule has 23 heavy (non-hydrogen) atoms. The minimum atomic E-state index is -3.46. The summed E-state index contributed by atoms with van der Waals surface area (Å²) in [5.74, 6) is 0.245. The van der Waals surface area contributed by atoms with Crippen LogP contribution in [0.25, 0.3) is 0 Å². The molecule has 4 nitrogen and oxygen atoms in total. The summed E-state index contributed by atoms with van der Waals surface area (Å²) in [6, 6.07) is 2.09. The van der Waals surface area contributed by atoms with Gasteiger partial charge in [-0.25, -0.2) is 8.42 Å². The molecule has 1 heterocycles. The van der Waals surface area contributed by atoms with Crippen LogP contribution in [0.15, 0.2) is 11.0 Å². The van der Waals surface area contributed by atoms with Crippen molar-refractivity contribution in [2.24, 2.45) is 11.7 Å². The van der Waals surface area contributed by atoms with Gasteiger partial charge in [0.25, 0.3) is 0 Å². The van der Waals surface area contributed by atoms with Crippen molar-refractivity contribution in [1.29, 1.82) is 0 Å². The highest BCUT2D eigenvalue weighted by Gasteiger charge is 2.33. The Morgan fingerprint density at radius 2 is 1.70 bits per heavy atom. The topological polar surface area (TPSA) is 63.4 Å². The van der Waals surface area contributed by atoms with Crippen molar-refractivity contribution >= 4 is 22.4 Å². The predicted octanol–water partition coefficient (Wildman–Crippen LogP) is 3.09. The summed E-state index contributed by atoms with van der Waals surface area (Å²) in [5.41, 5.74) is 9.79. The summed E-state index contributed by atoms with van der Waals surface area (Å²) >= 11 is 0. The second-order valence-electron chi connectivity index (χ2n) is 6.71. The van der Waals surface area contributed by atoms with E-state index in [9.17, 15) is 8.42 Å². The summed E-state index contributed by atoms with van der Waals surface area (Å²) in [6.07, 6.45) is 1.89. The van der Waals surface area contributed by atoms with Crippen molar-refractivity contribution in [2.75, 3.05) is 13.1 Å². The largest absolute Gasteiger partial charge is 0.328 e. The summed E-state index contributed by atoms with van der Waals surface area (Å²) in [4.78, 5) is 0.496. The molecule has 2 unspecified atom stereocenters. The number of rotatable bonds is 3. The molecule has 0 amide bonds. The predicted molar refractivity (Wildman–Crippen MR) is 97.8 cm³/mol. The van der Waals surface area contributed by atoms with Gasteiger partial charge >= 0.3 is 0 Å². The fourth-order valence-corrected chi connectivity index (χ4v) is 5.43. The molecule has 1 fully saturated rings. The van der Waals surface area contributed by atoms with E-state index in [0.717, 1.165) is 35.1 Å². The van der Waals surface area contributed by atoms with Gasteiger partial charge in [-0.15, -0.1) is 12.4 Å². The van der Waals surface area contributed by atoms with Gasteiger partial charge in [-0.1, -0.05) is 6.07 Å². The number of benzene rings is 1. The first-order chi connectivity index (χ1) is 10.2. The maximum Gasteiger partial charge on any atom is 0.243 e. The molecule has 0 bridgehead atoms. The molecule has 1 aromatic carbocycles. The van der Waals surface area contributed by atoms with E-state index in [2.05, 4.69) is 6.07 Å². The molecule has 1 saturated heterocycles. The molecule has 0 radical (unpaired) electrons. The standard InChI is InChI=1S/C17H28N2O2S.ClH/c1-11-9-12(2)14(4)17(13(11)3)22(20,21)19-8-6-7-16(10-19)15(5)18;/h9,15-16H,6-8,10,18H2,1-5H3;1H. The number of aryl methyl sites for hydroxylation is 2. The number of nitrogens with zero attached hydrogens (tertiary/aromatic N) is 1. The summed E-state index contributed by atoms with van der Waals surface area (Å²) in [5, 5.41) is 0. The molecule has 1 aromatic rings. The van der Waals surface area contributed by atoms with Crippen molar-refractivity contribution in [2.45, 2.75) is 58.4 Å². The van der Waals surface area contributed by atoms with E-state index in [4.69, 9.17) is 5.73 Å². The van der Waals surface area contributed by atoms with Gasteiger partial charge in [0, 0.05) is 19.1 Å². The average Bonchev–Trinajstić information content (AvgIpc) is 2.45. The molecule has 1 aliphatic rings. The summed E-state index contributed by atoms with van der Waals surface area (Å²) in [7, 11) is -3.46. The first-order valence-electron chi connectivity index (χ1n) is 7.99. The monoisotopic (exact) mass is 360 g/mol. The van der Waals surface area contributed by atoms with Gasteiger partial charge in [0.1, 0.15) is 0 Å². The third-order valence-electron chi connectivity index (χ3n) is 5.06. The number of hydrogen-bond acceptors (Lipinski definition) is 3. The summed E-state index contributed by atoms with van der Waals surface area (Å²) < 4.78 is 28.0. The summed E-state index contributed by atoms with van der Waals surface area (Å²) in [6.45, 7) is 10.9. The third-order valence-corrected chi connectivity index (χ3v) is 7.20. The number of nitrogens with two attached hydrogens (primary N) is 1. The maximum absolute atomic E-state index is 13.2. The number of piperidine rings is 1. The fourth-order valence-electron chi connectivity index (χ4n) is 3.32. The van der Waals surface area contributed by atoms with Gasteiger partial charge in [-0.2, -0.15) is 4.31 Å². The first kappa shape index (κ1) is 20.4. The minimum Gasteiger partial charge on any atom is -0.328 e. The van der Waals surface area contributed by atoms with Crippen LogP contribution in [0.3, 0.4) is 0 Å². The van der Waals surface area contributed by atoms with Crippen LogP contribution in [-0.4, -0.2) is 31.9 Å². The van der Waals surface area contributed by atoms with Crippen LogP contribution in [0.1, 0.15) is 42.0 Å². The van der Waals surface area contributed by atoms with Crippen molar-refractivity contribution in [1.82, 2.24) is 4.31 Å². The van der Waals surface area contributed by atoms with Gasteiger partial charge in [0.05, 0.1) is 4.90 Å². The molecule has 6 heteroatoms. The van der Waals surface area contributed by atoms with E-state index in [1.54, 1.807) is 4.31 Å². The smallest absolute Gasteiger partial charge is 0.243 e. The highest BCUT2D eigenvalue weighted by atomic mass is 35.5. The quantitative estimate of drug-likeness (QED) is 0.900. The molecule has 132 valence electrons. The van der Waals surface area contributed by atoms with Crippen LogP contribution < -0.4 is 5.73 Å². The lowest BCUT2D eigenvalue weighted by atomic mass is 9.93. The van der Waals surface area contributed by atoms with Crippen molar-refractivity contribution in [3.63, 3.8) is 0 Å². The number of sulfonamides is 1.